The van der Waals surface area contributed by atoms with Crippen LogP contribution in [0.5, 0.6) is 17.2 Å². The molecule has 16 rings (SSSR count). The molecule has 12 aromatic carbocycles. The fraction of sp³-hybridized carbons (Fsp3) is 0.0667. The van der Waals surface area contributed by atoms with Gasteiger partial charge in [0.2, 0.25) is 71.4 Å². The Balaban J connectivity index is 0.000000136. The Kier molecular flexibility index (Phi) is 27.3. The second-order valence-electron chi connectivity index (χ2n) is 25.7. The normalized spacial score (nSPS) is 10.3. The van der Waals surface area contributed by atoms with E-state index in [1.807, 2.05) is 328 Å². The Morgan fingerprint density at radius 2 is 0.256 bits per heavy atom. The maximum absolute atomic E-state index is 5.21. The zero-order valence-electron chi connectivity index (χ0n) is 64.8. The summed E-state index contributed by atoms with van der Waals surface area (Å²) in [6.45, 7) is 6.16. The number of hydrogen-bond acceptors (Lipinski definition) is 27. The first-order valence-corrected chi connectivity index (χ1v) is 37.1. The number of nitrogens with one attached hydrogen (secondary N) is 12. The molecule has 27 nitrogen and oxygen atoms in total. The summed E-state index contributed by atoms with van der Waals surface area (Å²) in [4.78, 5) is 54.0. The van der Waals surface area contributed by atoms with Crippen LogP contribution in [0.3, 0.4) is 0 Å². The SMILES string of the molecule is COc1ccc(Nc2nc(Nc3ccccc3)nc(Nc3ccc(OC)cc3)n2)cc1.COc1ccc(Nc2nc(Nc3ccccc3)nc(Nc3ccccc3)n2)cc1.Cc1ccc(Nc2nc(Nc3ccccc3)nc(Nc3ccc(C)cc3)n2)cc1.Cc1ccc(Nc2nc(Nc3ccccc3)nc(Nc3ccccc3)n2)cc1. The van der Waals surface area contributed by atoms with Gasteiger partial charge in [-0.25, -0.2) is 0 Å². The average Bonchev–Trinajstić information content (AvgIpc) is 0.848. The van der Waals surface area contributed by atoms with Gasteiger partial charge in [-0.1, -0.05) is 162 Å². The number of anilines is 24. The number of benzene rings is 12. The number of methoxy groups -OCH3 is 3. The smallest absolute Gasteiger partial charge is 0.233 e. The van der Waals surface area contributed by atoms with E-state index in [9.17, 15) is 0 Å². The van der Waals surface area contributed by atoms with Crippen LogP contribution in [0.25, 0.3) is 0 Å². The summed E-state index contributed by atoms with van der Waals surface area (Å²) in [5, 5.41) is 38.7. The molecular weight excluding hydrogens is 1470 g/mol. The maximum atomic E-state index is 5.21. The molecule has 0 fully saturated rings. The van der Waals surface area contributed by atoms with E-state index in [1.54, 1.807) is 21.3 Å². The molecule has 4 aromatic heterocycles. The van der Waals surface area contributed by atoms with Crippen LogP contribution in [0.1, 0.15) is 16.7 Å². The molecule has 0 bridgehead atoms. The van der Waals surface area contributed by atoms with Gasteiger partial charge in [0.15, 0.2) is 0 Å². The van der Waals surface area contributed by atoms with E-state index in [0.29, 0.717) is 71.4 Å². The van der Waals surface area contributed by atoms with Gasteiger partial charge in [0.05, 0.1) is 21.3 Å². The van der Waals surface area contributed by atoms with Crippen molar-refractivity contribution in [3.8, 4) is 17.2 Å². The summed E-state index contributed by atoms with van der Waals surface area (Å²) in [5.41, 5.74) is 14.2. The molecule has 0 aliphatic rings. The fourth-order valence-electron chi connectivity index (χ4n) is 10.8. The van der Waals surface area contributed by atoms with Crippen molar-refractivity contribution in [1.29, 1.82) is 0 Å². The van der Waals surface area contributed by atoms with Crippen molar-refractivity contribution in [2.45, 2.75) is 20.8 Å². The quantitative estimate of drug-likeness (QED) is 0.0228. The lowest BCUT2D eigenvalue weighted by Crippen LogP contribution is -2.07. The monoisotopic (exact) mass is 1550 g/mol. The topological polar surface area (TPSA) is 327 Å². The first kappa shape index (κ1) is 78.8. The van der Waals surface area contributed by atoms with Crippen LogP contribution in [0.2, 0.25) is 0 Å². The summed E-state index contributed by atoms with van der Waals surface area (Å²) in [7, 11) is 4.90. The zero-order chi connectivity index (χ0) is 80.6. The van der Waals surface area contributed by atoms with Crippen molar-refractivity contribution in [2.24, 2.45) is 0 Å². The highest BCUT2D eigenvalue weighted by atomic mass is 16.5. The lowest BCUT2D eigenvalue weighted by atomic mass is 10.2. The van der Waals surface area contributed by atoms with Gasteiger partial charge in [-0.15, -0.1) is 0 Å². The Bertz CT molecular complexity index is 5460. The van der Waals surface area contributed by atoms with E-state index in [4.69, 9.17) is 14.2 Å². The van der Waals surface area contributed by atoms with E-state index in [-0.39, 0.29) is 0 Å². The predicted octanol–water partition coefficient (Wildman–Crippen LogP) is 21.4. The van der Waals surface area contributed by atoms with E-state index in [0.717, 1.165) is 85.5 Å². The van der Waals surface area contributed by atoms with E-state index in [2.05, 4.69) is 144 Å². The third-order valence-corrected chi connectivity index (χ3v) is 16.7. The molecule has 12 N–H and O–H groups in total. The van der Waals surface area contributed by atoms with Gasteiger partial charge >= 0.3 is 0 Å². The largest absolute Gasteiger partial charge is 0.497 e. The predicted molar refractivity (Wildman–Crippen MR) is 470 cm³/mol. The van der Waals surface area contributed by atoms with Gasteiger partial charge in [0.25, 0.3) is 0 Å². The number of ether oxygens (including phenoxy) is 3. The lowest BCUT2D eigenvalue weighted by Gasteiger charge is -2.12. The van der Waals surface area contributed by atoms with Gasteiger partial charge in [0.1, 0.15) is 17.2 Å². The fourth-order valence-corrected chi connectivity index (χ4v) is 10.8. The van der Waals surface area contributed by atoms with Crippen LogP contribution in [-0.4, -0.2) is 81.1 Å². The van der Waals surface area contributed by atoms with Gasteiger partial charge in [-0.3, -0.25) is 0 Å². The van der Waals surface area contributed by atoms with Crippen LogP contribution in [-0.2, 0) is 0 Å². The summed E-state index contributed by atoms with van der Waals surface area (Å²) >= 11 is 0. The highest BCUT2D eigenvalue weighted by molar-refractivity contribution is 5.68. The van der Waals surface area contributed by atoms with Crippen molar-refractivity contribution in [3.63, 3.8) is 0 Å². The molecule has 0 aliphatic carbocycles. The number of hydrogen-bond donors (Lipinski definition) is 12. The Morgan fingerprint density at radius 1 is 0.145 bits per heavy atom. The average molecular weight is 1550 g/mol. The summed E-state index contributed by atoms with van der Waals surface area (Å²) in [6.07, 6.45) is 0. The van der Waals surface area contributed by atoms with Crippen molar-refractivity contribution in [2.75, 3.05) is 85.1 Å². The van der Waals surface area contributed by atoms with Crippen LogP contribution >= 0.6 is 0 Å². The molecule has 27 heteroatoms. The molecule has 16 aromatic rings. The third kappa shape index (κ3) is 25.4. The van der Waals surface area contributed by atoms with Gasteiger partial charge in [0, 0.05) is 68.2 Å². The first-order chi connectivity index (χ1) is 57.4. The molecule has 0 unspecified atom stereocenters. The van der Waals surface area contributed by atoms with Crippen molar-refractivity contribution >= 4 is 140 Å². The summed E-state index contributed by atoms with van der Waals surface area (Å²) in [5.74, 6) is 7.54. The molecule has 0 atom stereocenters. The van der Waals surface area contributed by atoms with Crippen LogP contribution in [0, 0.1) is 20.8 Å². The first-order valence-electron chi connectivity index (χ1n) is 37.1. The van der Waals surface area contributed by atoms with Crippen LogP contribution in [0.4, 0.5) is 140 Å². The molecule has 0 saturated heterocycles. The minimum absolute atomic E-state index is 0.398. The maximum Gasteiger partial charge on any atom is 0.233 e. The van der Waals surface area contributed by atoms with Crippen molar-refractivity contribution in [1.82, 2.24) is 59.8 Å². The summed E-state index contributed by atoms with van der Waals surface area (Å²) < 4.78 is 15.6. The Hall–Kier alpha value is -16.3. The zero-order valence-corrected chi connectivity index (χ0v) is 64.8. The minimum Gasteiger partial charge on any atom is -0.497 e. The number of aryl methyl sites for hydroxylation is 3. The second-order valence-corrected chi connectivity index (χ2v) is 25.7. The second kappa shape index (κ2) is 40.6. The summed E-state index contributed by atoms with van der Waals surface area (Å²) in [6, 6.07) is 105. The van der Waals surface area contributed by atoms with Crippen molar-refractivity contribution < 1.29 is 14.2 Å². The van der Waals surface area contributed by atoms with Gasteiger partial charge in [-0.05, 0) is 203 Å². The highest BCUT2D eigenvalue weighted by Crippen LogP contribution is 2.29. The standard InChI is InChI=1S/C23H22N6O2.C23H22N6.C22H20N6O.C22H20N6/c1-30-19-12-8-17(9-13-19)25-22-27-21(24-16-6-4-3-5-7-16)28-23(29-22)26-18-10-14-20(31-2)15-11-18;1-16-8-12-19(13-9-16)25-22-27-21(24-18-6-4-3-5-7-18)28-23(29-22)26-20-14-10-17(2)11-15-20;1-29-19-14-12-18(13-15-19)25-22-27-20(23-16-8-4-2-5-9-16)26-21(28-22)24-17-10-6-3-7-11-17;1-16-12-14-19(15-13-16)25-22-27-20(23-17-8-4-2-5-9-17)26-21(28-22)24-18-10-6-3-7-11-18/h3-15H,1-2H3,(H3,24,25,26,27,28,29);3-15H,1-2H3,(H3,24,25,26,27,28,29);2-15H,1H3,(H3,23,24,25,26,27,28);2-15H,1H3,(H3,23,24,25,26,27,28). The van der Waals surface area contributed by atoms with Crippen molar-refractivity contribution in [3.05, 3.63) is 344 Å². The molecule has 4 heterocycles. The molecule has 0 aliphatic heterocycles. The molecular formula is C90H84N24O3. The highest BCUT2D eigenvalue weighted by Gasteiger charge is 2.15. The molecule has 0 saturated carbocycles. The molecule has 0 spiro atoms. The number of rotatable bonds is 27. The van der Waals surface area contributed by atoms with E-state index in [1.165, 1.54) is 16.7 Å². The van der Waals surface area contributed by atoms with E-state index < -0.39 is 0 Å². The molecule has 117 heavy (non-hydrogen) atoms. The molecule has 582 valence electrons. The number of aromatic nitrogens is 12. The molecule has 0 radical (unpaired) electrons. The number of nitrogens with zero attached hydrogens (tertiary/aromatic N) is 12. The van der Waals surface area contributed by atoms with Crippen LogP contribution < -0.4 is 78.0 Å². The number of para-hydroxylation sites is 6. The third-order valence-electron chi connectivity index (χ3n) is 16.7. The molecule has 0 amide bonds. The van der Waals surface area contributed by atoms with E-state index >= 15 is 0 Å². The van der Waals surface area contributed by atoms with Gasteiger partial charge in [-0.2, -0.15) is 59.8 Å². The lowest BCUT2D eigenvalue weighted by molar-refractivity contribution is 0.415. The Labute approximate surface area is 677 Å². The van der Waals surface area contributed by atoms with Crippen LogP contribution in [0.15, 0.2) is 328 Å². The van der Waals surface area contributed by atoms with Gasteiger partial charge < -0.3 is 78.0 Å². The minimum atomic E-state index is 0.398. The Morgan fingerprint density at radius 3 is 0.376 bits per heavy atom.